The third kappa shape index (κ3) is 7.97. The topological polar surface area (TPSA) is 181 Å². The third-order valence-corrected chi connectivity index (χ3v) is 7.23. The van der Waals surface area contributed by atoms with Crippen LogP contribution in [0.2, 0.25) is 0 Å². The molecule has 0 heterocycles. The SMILES string of the molecule is CC(=O)C(CCCCCCC(=O)O)(C(=O)O)C(=O)c1ccc(S(=O)(=O)NC(=O)OCc2ccccc2)cc1. The Labute approximate surface area is 219 Å². The lowest BCUT2D eigenvalue weighted by molar-refractivity contribution is -0.151. The standard InChI is InChI=1S/C26H29NO10S/c1-18(28)26(24(32)33,16-8-3-2-7-11-22(29)30)23(31)20-12-14-21(15-13-20)38(35,36)27-25(34)37-17-19-9-5-4-6-10-19/h4-6,9-10,12-15H,2-3,7-8,11,16-17H2,1H3,(H,27,34)(H,29,30)(H,32,33). The van der Waals surface area contributed by atoms with E-state index in [2.05, 4.69) is 0 Å². The van der Waals surface area contributed by atoms with Crippen LogP contribution in [-0.4, -0.2) is 48.2 Å². The molecule has 1 amide bonds. The van der Waals surface area contributed by atoms with Gasteiger partial charge in [-0.1, -0.05) is 49.6 Å². The molecule has 0 saturated carbocycles. The Morgan fingerprint density at radius 2 is 1.47 bits per heavy atom. The van der Waals surface area contributed by atoms with Crippen LogP contribution in [0.25, 0.3) is 0 Å². The zero-order chi connectivity index (χ0) is 28.3. The minimum atomic E-state index is -4.36. The smallest absolute Gasteiger partial charge is 0.421 e. The summed E-state index contributed by atoms with van der Waals surface area (Å²) in [5, 5.41) is 18.5. The first-order valence-electron chi connectivity index (χ1n) is 11.7. The van der Waals surface area contributed by atoms with E-state index in [1.807, 2.05) is 0 Å². The van der Waals surface area contributed by atoms with Gasteiger partial charge in [0.15, 0.2) is 17.0 Å². The fourth-order valence-electron chi connectivity index (χ4n) is 3.78. The van der Waals surface area contributed by atoms with Crippen molar-refractivity contribution >= 4 is 39.6 Å². The van der Waals surface area contributed by atoms with Gasteiger partial charge in [-0.3, -0.25) is 19.2 Å². The first-order chi connectivity index (χ1) is 17.9. The molecule has 0 radical (unpaired) electrons. The van der Waals surface area contributed by atoms with Gasteiger partial charge in [0.1, 0.15) is 6.61 Å². The van der Waals surface area contributed by atoms with Gasteiger partial charge in [-0.05, 0) is 49.6 Å². The predicted octanol–water partition coefficient (Wildman–Crippen LogP) is 3.57. The van der Waals surface area contributed by atoms with E-state index in [4.69, 9.17) is 9.84 Å². The van der Waals surface area contributed by atoms with Gasteiger partial charge in [0, 0.05) is 12.0 Å². The number of rotatable bonds is 15. The quantitative estimate of drug-likeness (QED) is 0.169. The van der Waals surface area contributed by atoms with E-state index in [0.29, 0.717) is 24.8 Å². The monoisotopic (exact) mass is 547 g/mol. The normalized spacial score (nSPS) is 12.7. The first-order valence-corrected chi connectivity index (χ1v) is 13.2. The van der Waals surface area contributed by atoms with Gasteiger partial charge in [-0.2, -0.15) is 0 Å². The lowest BCUT2D eigenvalue weighted by Gasteiger charge is -2.25. The Morgan fingerprint density at radius 1 is 0.868 bits per heavy atom. The lowest BCUT2D eigenvalue weighted by atomic mass is 9.73. The van der Waals surface area contributed by atoms with E-state index in [9.17, 15) is 37.5 Å². The summed E-state index contributed by atoms with van der Waals surface area (Å²) in [5.74, 6) is -4.45. The second-order valence-electron chi connectivity index (χ2n) is 8.60. The summed E-state index contributed by atoms with van der Waals surface area (Å²) in [5.41, 5.74) is -1.91. The maximum absolute atomic E-state index is 13.2. The zero-order valence-electron chi connectivity index (χ0n) is 20.7. The van der Waals surface area contributed by atoms with Crippen LogP contribution < -0.4 is 4.72 Å². The molecule has 0 bridgehead atoms. The number of sulfonamides is 1. The van der Waals surface area contributed by atoms with Gasteiger partial charge >= 0.3 is 18.0 Å². The highest BCUT2D eigenvalue weighted by molar-refractivity contribution is 7.90. The van der Waals surface area contributed by atoms with E-state index in [-0.39, 0.29) is 36.3 Å². The van der Waals surface area contributed by atoms with Crippen LogP contribution in [0.3, 0.4) is 0 Å². The van der Waals surface area contributed by atoms with Crippen molar-refractivity contribution in [2.75, 3.05) is 0 Å². The molecule has 0 fully saturated rings. The third-order valence-electron chi connectivity index (χ3n) is 5.90. The van der Waals surface area contributed by atoms with Crippen molar-refractivity contribution in [3.8, 4) is 0 Å². The number of Topliss-reactive ketones (excluding diaryl/α,β-unsaturated/α-hetero) is 2. The van der Waals surface area contributed by atoms with Gasteiger partial charge in [0.2, 0.25) is 0 Å². The van der Waals surface area contributed by atoms with Gasteiger partial charge < -0.3 is 14.9 Å². The number of hydrogen-bond donors (Lipinski definition) is 3. The van der Waals surface area contributed by atoms with Gasteiger partial charge in [0.25, 0.3) is 10.0 Å². The molecule has 12 heteroatoms. The number of benzene rings is 2. The molecular weight excluding hydrogens is 518 g/mol. The van der Waals surface area contributed by atoms with Gasteiger partial charge in [-0.25, -0.2) is 17.9 Å². The van der Waals surface area contributed by atoms with Crippen LogP contribution in [0, 0.1) is 5.41 Å². The average molecular weight is 548 g/mol. The van der Waals surface area contributed by atoms with Crippen LogP contribution in [0.1, 0.15) is 61.4 Å². The molecule has 0 aromatic heterocycles. The maximum atomic E-state index is 13.2. The minimum Gasteiger partial charge on any atom is -0.481 e. The maximum Gasteiger partial charge on any atom is 0.421 e. The summed E-state index contributed by atoms with van der Waals surface area (Å²) in [4.78, 5) is 59.9. The van der Waals surface area contributed by atoms with E-state index >= 15 is 0 Å². The molecule has 1 atom stereocenters. The molecule has 2 rings (SSSR count). The molecular formula is C26H29NO10S. The Morgan fingerprint density at radius 3 is 2.03 bits per heavy atom. The minimum absolute atomic E-state index is 0.0371. The van der Waals surface area contributed by atoms with E-state index in [1.165, 1.54) is 0 Å². The van der Waals surface area contributed by atoms with Crippen LogP contribution in [0.5, 0.6) is 0 Å². The Kier molecular flexibility index (Phi) is 10.7. The number of unbranched alkanes of at least 4 members (excludes halogenated alkanes) is 3. The number of nitrogens with one attached hydrogen (secondary N) is 1. The summed E-state index contributed by atoms with van der Waals surface area (Å²) in [6.07, 6.45) is -0.0542. The number of carboxylic acid groups (broad SMARTS) is 2. The Bertz CT molecular complexity index is 1260. The average Bonchev–Trinajstić information content (AvgIpc) is 2.86. The Hall–Kier alpha value is -4.06. The number of amides is 1. The lowest BCUT2D eigenvalue weighted by Crippen LogP contribution is -2.45. The fourth-order valence-corrected chi connectivity index (χ4v) is 4.67. The molecule has 2 aromatic carbocycles. The summed E-state index contributed by atoms with van der Waals surface area (Å²) < 4.78 is 31.7. The van der Waals surface area contributed by atoms with Crippen LogP contribution in [-0.2, 0) is 35.8 Å². The molecule has 0 spiro atoms. The van der Waals surface area contributed by atoms with Crippen molar-refractivity contribution in [2.45, 2.75) is 57.0 Å². The number of ketones is 2. The molecule has 204 valence electrons. The number of carbonyl (C=O) groups excluding carboxylic acids is 3. The molecule has 11 nitrogen and oxygen atoms in total. The van der Waals surface area contributed by atoms with Crippen molar-refractivity contribution in [1.29, 1.82) is 0 Å². The number of aliphatic carboxylic acids is 2. The molecule has 1 unspecified atom stereocenters. The summed E-state index contributed by atoms with van der Waals surface area (Å²) in [7, 11) is -4.36. The van der Waals surface area contributed by atoms with Crippen LogP contribution in [0.15, 0.2) is 59.5 Å². The highest BCUT2D eigenvalue weighted by atomic mass is 32.2. The van der Waals surface area contributed by atoms with Gasteiger partial charge in [-0.15, -0.1) is 0 Å². The fraction of sp³-hybridized carbons (Fsp3) is 0.346. The largest absolute Gasteiger partial charge is 0.481 e. The van der Waals surface area contributed by atoms with E-state index in [1.54, 1.807) is 35.1 Å². The predicted molar refractivity (Wildman–Crippen MR) is 134 cm³/mol. The van der Waals surface area contributed by atoms with E-state index < -0.39 is 45.0 Å². The van der Waals surface area contributed by atoms with Crippen molar-refractivity contribution in [3.05, 3.63) is 65.7 Å². The molecule has 3 N–H and O–H groups in total. The molecule has 38 heavy (non-hydrogen) atoms. The summed E-state index contributed by atoms with van der Waals surface area (Å²) in [6.45, 7) is 0.845. The molecule has 0 saturated heterocycles. The second-order valence-corrected chi connectivity index (χ2v) is 10.3. The number of carbonyl (C=O) groups is 5. The van der Waals surface area contributed by atoms with Crippen molar-refractivity contribution in [3.63, 3.8) is 0 Å². The highest BCUT2D eigenvalue weighted by Gasteiger charge is 2.50. The number of ether oxygens (including phenoxy) is 1. The molecule has 0 aliphatic heterocycles. The molecule has 0 aliphatic rings. The van der Waals surface area contributed by atoms with Crippen molar-refractivity contribution in [1.82, 2.24) is 4.72 Å². The molecule has 0 aliphatic carbocycles. The van der Waals surface area contributed by atoms with Gasteiger partial charge in [0.05, 0.1) is 4.90 Å². The van der Waals surface area contributed by atoms with Crippen molar-refractivity contribution in [2.24, 2.45) is 5.41 Å². The van der Waals surface area contributed by atoms with Crippen LogP contribution in [0.4, 0.5) is 4.79 Å². The second kappa shape index (κ2) is 13.5. The zero-order valence-corrected chi connectivity index (χ0v) is 21.5. The van der Waals surface area contributed by atoms with Crippen molar-refractivity contribution < 1.29 is 47.3 Å². The number of carboxylic acids is 2. The number of hydrogen-bond acceptors (Lipinski definition) is 8. The van der Waals surface area contributed by atoms with E-state index in [0.717, 1.165) is 31.2 Å². The Balaban J connectivity index is 2.11. The molecule has 2 aromatic rings. The summed E-state index contributed by atoms with van der Waals surface area (Å²) in [6, 6.07) is 12.8. The summed E-state index contributed by atoms with van der Waals surface area (Å²) >= 11 is 0. The highest BCUT2D eigenvalue weighted by Crippen LogP contribution is 2.32. The first kappa shape index (κ1) is 30.2. The van der Waals surface area contributed by atoms with Crippen LogP contribution >= 0.6 is 0 Å².